The predicted octanol–water partition coefficient (Wildman–Crippen LogP) is 4.18. The van der Waals surface area contributed by atoms with Gasteiger partial charge in [-0.1, -0.05) is 50.1 Å². The normalized spacial score (nSPS) is 24.5. The molecule has 0 aromatic heterocycles. The maximum absolute atomic E-state index is 11.9. The third-order valence-corrected chi connectivity index (χ3v) is 4.76. The van der Waals surface area contributed by atoms with Crippen molar-refractivity contribution in [2.24, 2.45) is 5.92 Å². The molecule has 0 N–H and O–H groups in total. The highest BCUT2D eigenvalue weighted by atomic mass is 32.2. The fourth-order valence-electron chi connectivity index (χ4n) is 2.43. The molecule has 17 heavy (non-hydrogen) atoms. The molecule has 0 heterocycles. The van der Waals surface area contributed by atoms with Gasteiger partial charge in [0.25, 0.3) is 0 Å². The Morgan fingerprint density at radius 2 is 2.06 bits per heavy atom. The number of benzene rings is 1. The summed E-state index contributed by atoms with van der Waals surface area (Å²) in [6.07, 6.45) is 5.27. The molecule has 92 valence electrons. The number of hydrogen-bond acceptors (Lipinski definition) is 2. The van der Waals surface area contributed by atoms with Crippen LogP contribution < -0.4 is 0 Å². The monoisotopic (exact) mass is 248 g/mol. The topological polar surface area (TPSA) is 17.1 Å². The fraction of sp³-hybridized carbons (Fsp3) is 0.533. The van der Waals surface area contributed by atoms with Gasteiger partial charge in [-0.2, -0.15) is 11.8 Å². The highest BCUT2D eigenvalue weighted by Crippen LogP contribution is 2.32. The lowest BCUT2D eigenvalue weighted by molar-refractivity contribution is 0.102. The maximum atomic E-state index is 11.9. The van der Waals surface area contributed by atoms with E-state index in [1.165, 1.54) is 25.7 Å². The van der Waals surface area contributed by atoms with Gasteiger partial charge in [-0.15, -0.1) is 0 Å². The Hall–Kier alpha value is -0.760. The molecule has 2 atom stereocenters. The molecule has 0 saturated heterocycles. The molecule has 0 amide bonds. The van der Waals surface area contributed by atoms with E-state index in [4.69, 9.17) is 0 Å². The van der Waals surface area contributed by atoms with Gasteiger partial charge in [0.05, 0.1) is 5.75 Å². The number of thioether (sulfide) groups is 1. The molecule has 1 aromatic carbocycles. The van der Waals surface area contributed by atoms with Crippen LogP contribution in [0, 0.1) is 5.92 Å². The van der Waals surface area contributed by atoms with Crippen LogP contribution in [0.5, 0.6) is 0 Å². The van der Waals surface area contributed by atoms with Crippen LogP contribution in [0.2, 0.25) is 0 Å². The van der Waals surface area contributed by atoms with Crippen LogP contribution >= 0.6 is 11.8 Å². The molecule has 0 spiro atoms. The van der Waals surface area contributed by atoms with Gasteiger partial charge >= 0.3 is 0 Å². The fourth-order valence-corrected chi connectivity index (χ4v) is 3.78. The first-order valence-electron chi connectivity index (χ1n) is 6.45. The van der Waals surface area contributed by atoms with Crippen LogP contribution in [0.25, 0.3) is 0 Å². The molecule has 0 aliphatic heterocycles. The zero-order valence-corrected chi connectivity index (χ0v) is 11.2. The summed E-state index contributed by atoms with van der Waals surface area (Å²) in [5.74, 6) is 1.75. The second-order valence-corrected chi connectivity index (χ2v) is 6.28. The Balaban J connectivity index is 1.80. The van der Waals surface area contributed by atoms with E-state index in [0.29, 0.717) is 11.0 Å². The van der Waals surface area contributed by atoms with Gasteiger partial charge < -0.3 is 0 Å². The zero-order chi connectivity index (χ0) is 12.1. The zero-order valence-electron chi connectivity index (χ0n) is 10.4. The molecule has 0 radical (unpaired) electrons. The van der Waals surface area contributed by atoms with Crippen molar-refractivity contribution in [2.45, 2.75) is 37.9 Å². The number of hydrogen-bond donors (Lipinski definition) is 0. The lowest BCUT2D eigenvalue weighted by Crippen LogP contribution is -2.17. The van der Waals surface area contributed by atoms with E-state index in [1.807, 2.05) is 42.1 Å². The summed E-state index contributed by atoms with van der Waals surface area (Å²) in [5, 5.41) is 0.700. The SMILES string of the molecule is CC1CCCC(SCC(=O)c2ccccc2)C1. The summed E-state index contributed by atoms with van der Waals surface area (Å²) < 4.78 is 0. The number of Topliss-reactive ketones (excluding diaryl/α,β-unsaturated/α-hetero) is 1. The molecule has 1 nitrogen and oxygen atoms in total. The molecule has 0 bridgehead atoms. The summed E-state index contributed by atoms with van der Waals surface area (Å²) in [6, 6.07) is 9.63. The smallest absolute Gasteiger partial charge is 0.172 e. The molecule has 1 saturated carbocycles. The molecule has 1 fully saturated rings. The van der Waals surface area contributed by atoms with Crippen LogP contribution in [-0.2, 0) is 0 Å². The lowest BCUT2D eigenvalue weighted by Gasteiger charge is -2.25. The standard InChI is InChI=1S/C15H20OS/c1-12-6-5-9-14(10-12)17-11-15(16)13-7-3-2-4-8-13/h2-4,7-8,12,14H,5-6,9-11H2,1H3. The maximum Gasteiger partial charge on any atom is 0.172 e. The molecule has 2 unspecified atom stereocenters. The number of carbonyl (C=O) groups is 1. The first-order valence-corrected chi connectivity index (χ1v) is 7.50. The first-order chi connectivity index (χ1) is 8.25. The van der Waals surface area contributed by atoms with Crippen LogP contribution in [0.3, 0.4) is 0 Å². The molecule has 2 rings (SSSR count). The average molecular weight is 248 g/mol. The first kappa shape index (κ1) is 12.7. The van der Waals surface area contributed by atoms with Crippen LogP contribution in [-0.4, -0.2) is 16.8 Å². The summed E-state index contributed by atoms with van der Waals surface area (Å²) in [5.41, 5.74) is 0.851. The quantitative estimate of drug-likeness (QED) is 0.743. The lowest BCUT2D eigenvalue weighted by atomic mass is 9.91. The molecule has 2 heteroatoms. The van der Waals surface area contributed by atoms with Gasteiger partial charge in [-0.05, 0) is 18.8 Å². The Morgan fingerprint density at radius 3 is 2.76 bits per heavy atom. The van der Waals surface area contributed by atoms with Crippen molar-refractivity contribution >= 4 is 17.5 Å². The highest BCUT2D eigenvalue weighted by Gasteiger charge is 2.20. The predicted molar refractivity (Wildman–Crippen MR) is 74.7 cm³/mol. The van der Waals surface area contributed by atoms with Gasteiger partial charge in [-0.25, -0.2) is 0 Å². The minimum absolute atomic E-state index is 0.272. The summed E-state index contributed by atoms with van der Waals surface area (Å²) >= 11 is 1.85. The molecular weight excluding hydrogens is 228 g/mol. The van der Waals surface area contributed by atoms with Gasteiger partial charge in [-0.3, -0.25) is 4.79 Å². The van der Waals surface area contributed by atoms with Crippen molar-refractivity contribution in [3.05, 3.63) is 35.9 Å². The van der Waals surface area contributed by atoms with Crippen molar-refractivity contribution in [2.75, 3.05) is 5.75 Å². The van der Waals surface area contributed by atoms with E-state index in [2.05, 4.69) is 6.92 Å². The highest BCUT2D eigenvalue weighted by molar-refractivity contribution is 8.00. The molecule has 1 aromatic rings. The van der Waals surface area contributed by atoms with Crippen molar-refractivity contribution in [1.29, 1.82) is 0 Å². The van der Waals surface area contributed by atoms with Gasteiger partial charge in [0.2, 0.25) is 0 Å². The van der Waals surface area contributed by atoms with Gasteiger partial charge in [0, 0.05) is 10.8 Å². The number of carbonyl (C=O) groups excluding carboxylic acids is 1. The second-order valence-electron chi connectivity index (χ2n) is 4.99. The Kier molecular flexibility index (Phi) is 4.66. The van der Waals surface area contributed by atoms with Gasteiger partial charge in [0.1, 0.15) is 0 Å². The second kappa shape index (κ2) is 6.25. The van der Waals surface area contributed by atoms with Crippen LogP contribution in [0.1, 0.15) is 43.0 Å². The van der Waals surface area contributed by atoms with Crippen LogP contribution in [0.4, 0.5) is 0 Å². The molecular formula is C15H20OS. The van der Waals surface area contributed by atoms with Gasteiger partial charge in [0.15, 0.2) is 5.78 Å². The van der Waals surface area contributed by atoms with E-state index < -0.39 is 0 Å². The summed E-state index contributed by atoms with van der Waals surface area (Å²) in [4.78, 5) is 11.9. The van der Waals surface area contributed by atoms with Crippen molar-refractivity contribution in [3.8, 4) is 0 Å². The minimum Gasteiger partial charge on any atom is -0.293 e. The van der Waals surface area contributed by atoms with Crippen molar-refractivity contribution < 1.29 is 4.79 Å². The van der Waals surface area contributed by atoms with Crippen molar-refractivity contribution in [3.63, 3.8) is 0 Å². The number of ketones is 1. The minimum atomic E-state index is 0.272. The van der Waals surface area contributed by atoms with E-state index in [-0.39, 0.29) is 5.78 Å². The van der Waals surface area contributed by atoms with E-state index in [1.54, 1.807) is 0 Å². The van der Waals surface area contributed by atoms with E-state index >= 15 is 0 Å². The summed E-state index contributed by atoms with van der Waals surface area (Å²) in [7, 11) is 0. The number of rotatable bonds is 4. The average Bonchev–Trinajstić information content (AvgIpc) is 2.37. The van der Waals surface area contributed by atoms with Crippen LogP contribution in [0.15, 0.2) is 30.3 Å². The summed E-state index contributed by atoms with van der Waals surface area (Å²) in [6.45, 7) is 2.33. The van der Waals surface area contributed by atoms with Crippen molar-refractivity contribution in [1.82, 2.24) is 0 Å². The Morgan fingerprint density at radius 1 is 1.29 bits per heavy atom. The largest absolute Gasteiger partial charge is 0.293 e. The third kappa shape index (κ3) is 3.88. The Labute approximate surface area is 108 Å². The molecule has 1 aliphatic rings. The van der Waals surface area contributed by atoms with E-state index in [9.17, 15) is 4.79 Å². The molecule has 1 aliphatic carbocycles. The van der Waals surface area contributed by atoms with E-state index in [0.717, 1.165) is 11.5 Å². The third-order valence-electron chi connectivity index (χ3n) is 3.43. The Bertz CT molecular complexity index is 360.